The lowest BCUT2D eigenvalue weighted by atomic mass is 10.1. The second-order valence-corrected chi connectivity index (χ2v) is 2.94. The van der Waals surface area contributed by atoms with Gasteiger partial charge in [0, 0.05) is 11.8 Å². The molecular formula is C10H16N2O2. The van der Waals surface area contributed by atoms with Gasteiger partial charge in [0.1, 0.15) is 0 Å². The van der Waals surface area contributed by atoms with Crippen LogP contribution >= 0.6 is 0 Å². The normalized spacial score (nSPS) is 9.93. The van der Waals surface area contributed by atoms with E-state index in [2.05, 4.69) is 0 Å². The van der Waals surface area contributed by atoms with E-state index in [-0.39, 0.29) is 0 Å². The van der Waals surface area contributed by atoms with Crippen molar-refractivity contribution < 1.29 is 9.47 Å². The van der Waals surface area contributed by atoms with Crippen LogP contribution in [0.3, 0.4) is 0 Å². The summed E-state index contributed by atoms with van der Waals surface area (Å²) in [6.07, 6.45) is 0.742. The summed E-state index contributed by atoms with van der Waals surface area (Å²) in [6, 6.07) is 3.62. The van der Waals surface area contributed by atoms with Crippen molar-refractivity contribution in [2.24, 2.45) is 5.73 Å². The summed E-state index contributed by atoms with van der Waals surface area (Å²) in [5.74, 6) is 1.33. The van der Waals surface area contributed by atoms with Crippen LogP contribution in [-0.2, 0) is 6.42 Å². The predicted molar refractivity (Wildman–Crippen MR) is 56.7 cm³/mol. The number of methoxy groups -OCH3 is 2. The molecule has 1 rings (SSSR count). The molecule has 4 nitrogen and oxygen atoms in total. The highest BCUT2D eigenvalue weighted by atomic mass is 16.5. The quantitative estimate of drug-likeness (QED) is 0.698. The minimum atomic E-state index is 0.569. The molecule has 1 aromatic rings. The van der Waals surface area contributed by atoms with Crippen LogP contribution in [0, 0.1) is 0 Å². The van der Waals surface area contributed by atoms with Crippen LogP contribution in [0.1, 0.15) is 5.56 Å². The molecule has 0 aromatic heterocycles. The Morgan fingerprint density at radius 2 is 1.71 bits per heavy atom. The van der Waals surface area contributed by atoms with E-state index in [0.717, 1.165) is 12.0 Å². The molecule has 4 N–H and O–H groups in total. The van der Waals surface area contributed by atoms with Gasteiger partial charge in [0.2, 0.25) is 0 Å². The smallest absolute Gasteiger partial charge is 0.162 e. The van der Waals surface area contributed by atoms with Crippen LogP contribution in [0.2, 0.25) is 0 Å². The van der Waals surface area contributed by atoms with Crippen LogP contribution in [0.5, 0.6) is 11.5 Å². The standard InChI is InChI=1S/C10H16N2O2/c1-13-9-5-7(3-4-11)8(12)6-10(9)14-2/h5-6H,3-4,11-12H2,1-2H3. The number of hydrogen-bond donors (Lipinski definition) is 2. The average molecular weight is 196 g/mol. The number of hydrogen-bond acceptors (Lipinski definition) is 4. The molecule has 0 atom stereocenters. The SMILES string of the molecule is COc1cc(N)c(CCN)cc1OC. The van der Waals surface area contributed by atoms with Crippen LogP contribution in [0.4, 0.5) is 5.69 Å². The van der Waals surface area contributed by atoms with E-state index < -0.39 is 0 Å². The Hall–Kier alpha value is -1.42. The molecule has 14 heavy (non-hydrogen) atoms. The lowest BCUT2D eigenvalue weighted by Crippen LogP contribution is -2.06. The first-order chi connectivity index (χ1) is 6.72. The van der Waals surface area contributed by atoms with Crippen molar-refractivity contribution in [2.75, 3.05) is 26.5 Å². The molecular weight excluding hydrogens is 180 g/mol. The second kappa shape index (κ2) is 4.72. The third-order valence-electron chi connectivity index (χ3n) is 2.06. The van der Waals surface area contributed by atoms with E-state index in [1.807, 2.05) is 6.07 Å². The summed E-state index contributed by atoms with van der Waals surface area (Å²) >= 11 is 0. The van der Waals surface area contributed by atoms with Gasteiger partial charge in [0.25, 0.3) is 0 Å². The van der Waals surface area contributed by atoms with Gasteiger partial charge in [-0.15, -0.1) is 0 Å². The van der Waals surface area contributed by atoms with E-state index >= 15 is 0 Å². The van der Waals surface area contributed by atoms with Crippen molar-refractivity contribution in [3.05, 3.63) is 17.7 Å². The molecule has 0 aliphatic heterocycles. The average Bonchev–Trinajstić information content (AvgIpc) is 2.20. The van der Waals surface area contributed by atoms with Crippen molar-refractivity contribution in [1.29, 1.82) is 0 Å². The Bertz CT molecular complexity index is 313. The van der Waals surface area contributed by atoms with Crippen molar-refractivity contribution in [1.82, 2.24) is 0 Å². The van der Waals surface area contributed by atoms with Crippen molar-refractivity contribution in [2.45, 2.75) is 6.42 Å². The lowest BCUT2D eigenvalue weighted by molar-refractivity contribution is 0.355. The molecule has 0 heterocycles. The number of benzene rings is 1. The van der Waals surface area contributed by atoms with Gasteiger partial charge in [0.15, 0.2) is 11.5 Å². The van der Waals surface area contributed by atoms with E-state index in [1.54, 1.807) is 20.3 Å². The molecule has 1 aromatic carbocycles. The second-order valence-electron chi connectivity index (χ2n) is 2.94. The van der Waals surface area contributed by atoms with Crippen LogP contribution in [-0.4, -0.2) is 20.8 Å². The third-order valence-corrected chi connectivity index (χ3v) is 2.06. The molecule has 0 radical (unpaired) electrons. The number of nitrogens with two attached hydrogens (primary N) is 2. The topological polar surface area (TPSA) is 70.5 Å². The largest absolute Gasteiger partial charge is 0.493 e. The van der Waals surface area contributed by atoms with Crippen molar-refractivity contribution in [3.8, 4) is 11.5 Å². The zero-order valence-corrected chi connectivity index (χ0v) is 8.54. The first-order valence-corrected chi connectivity index (χ1v) is 4.43. The van der Waals surface area contributed by atoms with Gasteiger partial charge >= 0.3 is 0 Å². The molecule has 0 fully saturated rings. The minimum absolute atomic E-state index is 0.569. The van der Waals surface area contributed by atoms with Crippen molar-refractivity contribution in [3.63, 3.8) is 0 Å². The molecule has 4 heteroatoms. The van der Waals surface area contributed by atoms with Gasteiger partial charge in [-0.25, -0.2) is 0 Å². The van der Waals surface area contributed by atoms with E-state index in [1.165, 1.54) is 0 Å². The van der Waals surface area contributed by atoms with Gasteiger partial charge < -0.3 is 20.9 Å². The van der Waals surface area contributed by atoms with Crippen LogP contribution in [0.15, 0.2) is 12.1 Å². The molecule has 0 aliphatic rings. The maximum absolute atomic E-state index is 5.82. The Morgan fingerprint density at radius 1 is 1.14 bits per heavy atom. The van der Waals surface area contributed by atoms with E-state index in [4.69, 9.17) is 20.9 Å². The first-order valence-electron chi connectivity index (χ1n) is 4.43. The number of rotatable bonds is 4. The molecule has 0 saturated carbocycles. The van der Waals surface area contributed by atoms with E-state index in [9.17, 15) is 0 Å². The number of ether oxygens (including phenoxy) is 2. The van der Waals surface area contributed by atoms with Gasteiger partial charge in [0.05, 0.1) is 14.2 Å². The zero-order chi connectivity index (χ0) is 10.6. The van der Waals surface area contributed by atoms with Crippen molar-refractivity contribution >= 4 is 5.69 Å². The highest BCUT2D eigenvalue weighted by Gasteiger charge is 2.07. The maximum Gasteiger partial charge on any atom is 0.162 e. The maximum atomic E-state index is 5.82. The number of anilines is 1. The lowest BCUT2D eigenvalue weighted by Gasteiger charge is -2.11. The Morgan fingerprint density at radius 3 is 2.21 bits per heavy atom. The summed E-state index contributed by atoms with van der Waals surface area (Å²) in [4.78, 5) is 0. The molecule has 0 amide bonds. The van der Waals surface area contributed by atoms with Gasteiger partial charge in [-0.3, -0.25) is 0 Å². The first kappa shape index (κ1) is 10.7. The predicted octanol–water partition coefficient (Wildman–Crippen LogP) is 0.787. The summed E-state index contributed by atoms with van der Waals surface area (Å²) in [7, 11) is 3.18. The van der Waals surface area contributed by atoms with Crippen LogP contribution in [0.25, 0.3) is 0 Å². The van der Waals surface area contributed by atoms with Gasteiger partial charge in [-0.2, -0.15) is 0 Å². The van der Waals surface area contributed by atoms with Crippen LogP contribution < -0.4 is 20.9 Å². The fourth-order valence-electron chi connectivity index (χ4n) is 1.31. The number of nitrogen functional groups attached to an aromatic ring is 1. The highest BCUT2D eigenvalue weighted by molar-refractivity contribution is 5.58. The third kappa shape index (κ3) is 2.09. The summed E-state index contributed by atoms with van der Waals surface area (Å²) in [5.41, 5.74) is 13.0. The fraction of sp³-hybridized carbons (Fsp3) is 0.400. The Kier molecular flexibility index (Phi) is 3.59. The summed E-state index contributed by atoms with van der Waals surface area (Å²) < 4.78 is 10.3. The Balaban J connectivity index is 3.09. The molecule has 0 aliphatic carbocycles. The summed E-state index contributed by atoms with van der Waals surface area (Å²) in [5, 5.41) is 0. The van der Waals surface area contributed by atoms with Gasteiger partial charge in [-0.1, -0.05) is 0 Å². The Labute approximate surface area is 83.8 Å². The molecule has 0 spiro atoms. The fourth-order valence-corrected chi connectivity index (χ4v) is 1.31. The highest BCUT2D eigenvalue weighted by Crippen LogP contribution is 2.31. The monoisotopic (exact) mass is 196 g/mol. The molecule has 0 saturated heterocycles. The zero-order valence-electron chi connectivity index (χ0n) is 8.54. The van der Waals surface area contributed by atoms with Gasteiger partial charge in [-0.05, 0) is 24.6 Å². The minimum Gasteiger partial charge on any atom is -0.493 e. The molecule has 0 unspecified atom stereocenters. The van der Waals surface area contributed by atoms with E-state index in [0.29, 0.717) is 23.7 Å². The molecule has 78 valence electrons. The molecule has 0 bridgehead atoms. The summed E-state index contributed by atoms with van der Waals surface area (Å²) in [6.45, 7) is 0.569.